The van der Waals surface area contributed by atoms with Crippen LogP contribution in [0.2, 0.25) is 0 Å². The lowest BCUT2D eigenvalue weighted by Gasteiger charge is -2.29. The third kappa shape index (κ3) is 2.42. The summed E-state index contributed by atoms with van der Waals surface area (Å²) in [6.45, 7) is 3.62. The summed E-state index contributed by atoms with van der Waals surface area (Å²) in [4.78, 5) is 15.9. The Bertz CT molecular complexity index is 983. The largest absolute Gasteiger partial charge is 0.491 e. The highest BCUT2D eigenvalue weighted by molar-refractivity contribution is 6.11. The first-order valence-electron chi connectivity index (χ1n) is 10.3. The van der Waals surface area contributed by atoms with E-state index in [0.29, 0.717) is 43.0 Å². The second-order valence-electron chi connectivity index (χ2n) is 8.17. The molecule has 150 valence electrons. The first kappa shape index (κ1) is 17.2. The molecule has 1 unspecified atom stereocenters. The van der Waals surface area contributed by atoms with Crippen molar-refractivity contribution in [1.29, 1.82) is 0 Å². The second kappa shape index (κ2) is 6.39. The second-order valence-corrected chi connectivity index (χ2v) is 8.17. The van der Waals surface area contributed by atoms with Gasteiger partial charge in [0.2, 0.25) is 5.91 Å². The quantitative estimate of drug-likeness (QED) is 0.785. The number of para-hydroxylation sites is 1. The molecule has 4 aliphatic rings. The van der Waals surface area contributed by atoms with Gasteiger partial charge in [-0.05, 0) is 36.5 Å². The van der Waals surface area contributed by atoms with Crippen LogP contribution in [0.15, 0.2) is 36.4 Å². The Morgan fingerprint density at radius 1 is 0.897 bits per heavy atom. The van der Waals surface area contributed by atoms with Crippen LogP contribution in [0.3, 0.4) is 0 Å². The maximum Gasteiger partial charge on any atom is 0.245 e. The van der Waals surface area contributed by atoms with Crippen LogP contribution in [0.5, 0.6) is 17.2 Å². The normalized spacial score (nSPS) is 25.1. The molecule has 0 bridgehead atoms. The summed E-state index contributed by atoms with van der Waals surface area (Å²) < 4.78 is 23.1. The topological polar surface area (TPSA) is 57.2 Å². The molecule has 0 aliphatic carbocycles. The fraction of sp³-hybridized carbons (Fsp3) is 0.435. The molecule has 6 heteroatoms. The van der Waals surface area contributed by atoms with Crippen LogP contribution < -0.4 is 19.1 Å². The molecule has 1 amide bonds. The zero-order valence-electron chi connectivity index (χ0n) is 16.2. The van der Waals surface area contributed by atoms with E-state index in [-0.39, 0.29) is 5.91 Å². The number of nitrogens with zero attached hydrogens (tertiary/aromatic N) is 1. The molecule has 4 aliphatic heterocycles. The third-order valence-corrected chi connectivity index (χ3v) is 6.59. The van der Waals surface area contributed by atoms with Crippen LogP contribution in [-0.4, -0.2) is 45.5 Å². The van der Waals surface area contributed by atoms with Crippen molar-refractivity contribution in [2.24, 2.45) is 5.92 Å². The van der Waals surface area contributed by atoms with E-state index in [0.717, 1.165) is 49.4 Å². The van der Waals surface area contributed by atoms with Gasteiger partial charge in [0, 0.05) is 37.1 Å². The number of anilines is 1. The highest BCUT2D eigenvalue weighted by Crippen LogP contribution is 2.54. The van der Waals surface area contributed by atoms with Gasteiger partial charge in [-0.25, -0.2) is 0 Å². The van der Waals surface area contributed by atoms with Crippen LogP contribution in [0, 0.1) is 5.92 Å². The number of carbonyl (C=O) groups excluding carboxylic acids is 1. The summed E-state index contributed by atoms with van der Waals surface area (Å²) in [7, 11) is 0. The Hall–Kier alpha value is -2.73. The molecule has 0 N–H and O–H groups in total. The molecule has 1 atom stereocenters. The van der Waals surface area contributed by atoms with Gasteiger partial charge in [0.05, 0.1) is 0 Å². The zero-order valence-corrected chi connectivity index (χ0v) is 16.2. The highest BCUT2D eigenvalue weighted by atomic mass is 16.6. The van der Waals surface area contributed by atoms with Crippen LogP contribution >= 0.6 is 0 Å². The SMILES string of the molecule is O=C1N(CC2CCOCC2)c2ccccc2C12COc1cc3c(cc12)OCCO3. The van der Waals surface area contributed by atoms with Gasteiger partial charge < -0.3 is 23.8 Å². The number of hydrogen-bond acceptors (Lipinski definition) is 5. The summed E-state index contributed by atoms with van der Waals surface area (Å²) >= 11 is 0. The molecule has 1 saturated heterocycles. The molecule has 6 rings (SSSR count). The smallest absolute Gasteiger partial charge is 0.245 e. The number of benzene rings is 2. The molecule has 1 fully saturated rings. The van der Waals surface area contributed by atoms with Gasteiger partial charge in [0.15, 0.2) is 11.5 Å². The first-order chi connectivity index (χ1) is 14.3. The van der Waals surface area contributed by atoms with E-state index in [1.807, 2.05) is 29.2 Å². The number of carbonyl (C=O) groups is 1. The summed E-state index contributed by atoms with van der Waals surface area (Å²) in [6.07, 6.45) is 1.98. The van der Waals surface area contributed by atoms with Crippen molar-refractivity contribution in [3.8, 4) is 17.2 Å². The lowest BCUT2D eigenvalue weighted by Crippen LogP contribution is -2.44. The van der Waals surface area contributed by atoms with E-state index < -0.39 is 5.41 Å². The minimum absolute atomic E-state index is 0.0978. The summed E-state index contributed by atoms with van der Waals surface area (Å²) in [5.74, 6) is 2.64. The monoisotopic (exact) mass is 393 g/mol. The molecule has 0 saturated carbocycles. The maximum atomic E-state index is 13.9. The fourth-order valence-electron chi connectivity index (χ4n) is 5.08. The van der Waals surface area contributed by atoms with Crippen molar-refractivity contribution in [1.82, 2.24) is 0 Å². The van der Waals surface area contributed by atoms with Crippen molar-refractivity contribution >= 4 is 11.6 Å². The van der Waals surface area contributed by atoms with Gasteiger partial charge in [-0.3, -0.25) is 4.79 Å². The van der Waals surface area contributed by atoms with Gasteiger partial charge >= 0.3 is 0 Å². The Labute approximate surface area is 169 Å². The average molecular weight is 393 g/mol. The molecule has 0 aromatic heterocycles. The van der Waals surface area contributed by atoms with Gasteiger partial charge in [-0.1, -0.05) is 18.2 Å². The Balaban J connectivity index is 1.45. The van der Waals surface area contributed by atoms with Crippen LogP contribution in [0.1, 0.15) is 24.0 Å². The predicted molar refractivity (Wildman–Crippen MR) is 106 cm³/mol. The Morgan fingerprint density at radius 2 is 1.66 bits per heavy atom. The number of fused-ring (bicyclic) bond motifs is 5. The van der Waals surface area contributed by atoms with E-state index in [4.69, 9.17) is 18.9 Å². The lowest BCUT2D eigenvalue weighted by molar-refractivity contribution is -0.122. The maximum absolute atomic E-state index is 13.9. The van der Waals surface area contributed by atoms with E-state index in [2.05, 4.69) is 12.1 Å². The average Bonchev–Trinajstić information content (AvgIpc) is 3.25. The number of hydrogen-bond donors (Lipinski definition) is 0. The molecule has 0 radical (unpaired) electrons. The van der Waals surface area contributed by atoms with Crippen LogP contribution in [0.25, 0.3) is 0 Å². The zero-order chi connectivity index (χ0) is 19.4. The number of amides is 1. The number of ether oxygens (including phenoxy) is 4. The molecule has 6 nitrogen and oxygen atoms in total. The van der Waals surface area contributed by atoms with Gasteiger partial charge in [-0.15, -0.1) is 0 Å². The molecule has 2 aromatic rings. The van der Waals surface area contributed by atoms with Gasteiger partial charge in [-0.2, -0.15) is 0 Å². The highest BCUT2D eigenvalue weighted by Gasteiger charge is 2.57. The lowest BCUT2D eigenvalue weighted by atomic mass is 9.77. The van der Waals surface area contributed by atoms with Crippen molar-refractivity contribution in [3.05, 3.63) is 47.5 Å². The summed E-state index contributed by atoms with van der Waals surface area (Å²) in [5.41, 5.74) is 2.09. The van der Waals surface area contributed by atoms with E-state index >= 15 is 0 Å². The van der Waals surface area contributed by atoms with Crippen molar-refractivity contribution < 1.29 is 23.7 Å². The fourth-order valence-corrected chi connectivity index (χ4v) is 5.08. The predicted octanol–water partition coefficient (Wildman–Crippen LogP) is 2.91. The van der Waals surface area contributed by atoms with Crippen molar-refractivity contribution in [2.45, 2.75) is 18.3 Å². The van der Waals surface area contributed by atoms with Gasteiger partial charge in [0.25, 0.3) is 0 Å². The third-order valence-electron chi connectivity index (χ3n) is 6.59. The van der Waals surface area contributed by atoms with Crippen molar-refractivity contribution in [3.63, 3.8) is 0 Å². The van der Waals surface area contributed by atoms with Crippen molar-refractivity contribution in [2.75, 3.05) is 44.5 Å². The molecule has 2 aromatic carbocycles. The molecule has 29 heavy (non-hydrogen) atoms. The van der Waals surface area contributed by atoms with Crippen LogP contribution in [-0.2, 0) is 14.9 Å². The summed E-state index contributed by atoms with van der Waals surface area (Å²) in [5, 5.41) is 0. The summed E-state index contributed by atoms with van der Waals surface area (Å²) in [6, 6.07) is 11.9. The Kier molecular flexibility index (Phi) is 3.78. The first-order valence-corrected chi connectivity index (χ1v) is 10.3. The van der Waals surface area contributed by atoms with Gasteiger partial charge in [0.1, 0.15) is 31.0 Å². The minimum atomic E-state index is -0.813. The molecular formula is C23H23NO5. The van der Waals surface area contributed by atoms with Crippen LogP contribution in [0.4, 0.5) is 5.69 Å². The number of rotatable bonds is 2. The minimum Gasteiger partial charge on any atom is -0.491 e. The standard InChI is InChI=1S/C23H23NO5/c25-22-23(14-29-19-12-21-20(11-17(19)23)27-9-10-28-21)16-3-1-2-4-18(16)24(22)13-15-5-7-26-8-6-15/h1-4,11-12,15H,5-10,13-14H2. The molecule has 4 heterocycles. The molecule has 1 spiro atoms. The molecular weight excluding hydrogens is 370 g/mol. The van der Waals surface area contributed by atoms with E-state index in [9.17, 15) is 4.79 Å². The Morgan fingerprint density at radius 3 is 2.48 bits per heavy atom. The van der Waals surface area contributed by atoms with E-state index in [1.54, 1.807) is 0 Å². The van der Waals surface area contributed by atoms with E-state index in [1.165, 1.54) is 0 Å².